The van der Waals surface area contributed by atoms with Crippen LogP contribution < -0.4 is 5.32 Å². The molecule has 3 aromatic rings. The number of hydrogen-bond acceptors (Lipinski definition) is 2. The van der Waals surface area contributed by atoms with Crippen LogP contribution in [0.2, 0.25) is 0 Å². The molecule has 134 valence electrons. The Bertz CT molecular complexity index is 902. The molecule has 0 bridgehead atoms. The van der Waals surface area contributed by atoms with Gasteiger partial charge in [-0.15, -0.1) is 0 Å². The van der Waals surface area contributed by atoms with Crippen molar-refractivity contribution in [2.75, 3.05) is 20.6 Å². The van der Waals surface area contributed by atoms with Crippen molar-refractivity contribution in [2.24, 2.45) is 4.99 Å². The molecule has 0 saturated carbocycles. The minimum Gasteiger partial charge on any atom is -0.356 e. The lowest BCUT2D eigenvalue weighted by atomic mass is 10.1. The summed E-state index contributed by atoms with van der Waals surface area (Å²) in [6.07, 6.45) is 2.67. The van der Waals surface area contributed by atoms with Crippen molar-refractivity contribution in [3.8, 4) is 0 Å². The maximum absolute atomic E-state index is 13.3. The van der Waals surface area contributed by atoms with Gasteiger partial charge in [-0.05, 0) is 35.7 Å². The third-order valence-corrected chi connectivity index (χ3v) is 4.28. The van der Waals surface area contributed by atoms with Crippen LogP contribution in [0.15, 0.2) is 65.8 Å². The summed E-state index contributed by atoms with van der Waals surface area (Å²) in [5.74, 6) is 0.560. The lowest BCUT2D eigenvalue weighted by Gasteiger charge is -2.22. The van der Waals surface area contributed by atoms with Crippen LogP contribution in [0.25, 0.3) is 10.9 Å². The number of nitrogens with zero attached hydrogens (tertiary/aromatic N) is 3. The highest BCUT2D eigenvalue weighted by Crippen LogP contribution is 2.16. The van der Waals surface area contributed by atoms with Gasteiger partial charge in [0.1, 0.15) is 5.82 Å². The first-order valence-corrected chi connectivity index (χ1v) is 8.66. The van der Waals surface area contributed by atoms with E-state index in [1.54, 1.807) is 19.2 Å². The average Bonchev–Trinajstić information content (AvgIpc) is 2.65. The van der Waals surface area contributed by atoms with E-state index in [-0.39, 0.29) is 5.82 Å². The summed E-state index contributed by atoms with van der Waals surface area (Å²) in [6, 6.07) is 16.9. The van der Waals surface area contributed by atoms with Crippen LogP contribution in [-0.4, -0.2) is 36.5 Å². The van der Waals surface area contributed by atoms with Crippen LogP contribution in [-0.2, 0) is 13.0 Å². The average molecular weight is 350 g/mol. The van der Waals surface area contributed by atoms with Crippen molar-refractivity contribution < 1.29 is 4.39 Å². The quantitative estimate of drug-likeness (QED) is 0.564. The first-order chi connectivity index (χ1) is 12.7. The number of halogens is 1. The number of guanidine groups is 1. The van der Waals surface area contributed by atoms with E-state index in [0.29, 0.717) is 6.54 Å². The molecule has 0 fully saturated rings. The SMILES string of the molecule is CN=C(NCCc1cccc2cccnc12)N(C)Cc1cccc(F)c1. The van der Waals surface area contributed by atoms with Crippen molar-refractivity contribution in [1.29, 1.82) is 0 Å². The summed E-state index contributed by atoms with van der Waals surface area (Å²) in [5.41, 5.74) is 3.16. The second kappa shape index (κ2) is 8.43. The monoisotopic (exact) mass is 350 g/mol. The molecule has 2 aromatic carbocycles. The molecule has 0 aliphatic heterocycles. The molecular formula is C21H23FN4. The molecule has 0 unspecified atom stereocenters. The third kappa shape index (κ3) is 4.36. The zero-order chi connectivity index (χ0) is 18.4. The lowest BCUT2D eigenvalue weighted by Crippen LogP contribution is -2.39. The van der Waals surface area contributed by atoms with E-state index in [0.717, 1.165) is 35.4 Å². The van der Waals surface area contributed by atoms with Gasteiger partial charge in [-0.1, -0.05) is 36.4 Å². The summed E-state index contributed by atoms with van der Waals surface area (Å²) in [6.45, 7) is 1.34. The summed E-state index contributed by atoms with van der Waals surface area (Å²) < 4.78 is 13.3. The van der Waals surface area contributed by atoms with Gasteiger partial charge in [0.2, 0.25) is 0 Å². The predicted octanol–water partition coefficient (Wildman–Crippen LogP) is 3.62. The molecule has 3 rings (SSSR count). The number of pyridine rings is 1. The Balaban J connectivity index is 1.60. The highest BCUT2D eigenvalue weighted by molar-refractivity contribution is 5.82. The molecule has 26 heavy (non-hydrogen) atoms. The van der Waals surface area contributed by atoms with Gasteiger partial charge in [-0.2, -0.15) is 0 Å². The Morgan fingerprint density at radius 3 is 2.77 bits per heavy atom. The topological polar surface area (TPSA) is 40.5 Å². The van der Waals surface area contributed by atoms with E-state index in [1.165, 1.54) is 11.6 Å². The van der Waals surface area contributed by atoms with Gasteiger partial charge < -0.3 is 10.2 Å². The molecule has 4 nitrogen and oxygen atoms in total. The smallest absolute Gasteiger partial charge is 0.193 e. The fraction of sp³-hybridized carbons (Fsp3) is 0.238. The summed E-state index contributed by atoms with van der Waals surface area (Å²) in [7, 11) is 3.70. The molecule has 0 aliphatic carbocycles. The van der Waals surface area contributed by atoms with E-state index in [2.05, 4.69) is 39.6 Å². The minimum atomic E-state index is -0.220. The van der Waals surface area contributed by atoms with Crippen LogP contribution in [0.1, 0.15) is 11.1 Å². The van der Waals surface area contributed by atoms with Crippen LogP contribution in [0.5, 0.6) is 0 Å². The van der Waals surface area contributed by atoms with Gasteiger partial charge in [0.05, 0.1) is 5.52 Å². The van der Waals surface area contributed by atoms with Crippen molar-refractivity contribution >= 4 is 16.9 Å². The van der Waals surface area contributed by atoms with E-state index < -0.39 is 0 Å². The second-order valence-electron chi connectivity index (χ2n) is 6.20. The van der Waals surface area contributed by atoms with Crippen LogP contribution in [0.3, 0.4) is 0 Å². The minimum absolute atomic E-state index is 0.220. The number of aromatic nitrogens is 1. The number of rotatable bonds is 5. The van der Waals surface area contributed by atoms with E-state index in [1.807, 2.05) is 30.3 Å². The number of benzene rings is 2. The molecule has 0 atom stereocenters. The molecule has 1 N–H and O–H groups in total. The number of para-hydroxylation sites is 1. The first-order valence-electron chi connectivity index (χ1n) is 8.66. The Labute approximate surface area is 153 Å². The van der Waals surface area contributed by atoms with Crippen molar-refractivity contribution in [3.05, 3.63) is 77.7 Å². The maximum atomic E-state index is 13.3. The lowest BCUT2D eigenvalue weighted by molar-refractivity contribution is 0.475. The molecule has 5 heteroatoms. The fourth-order valence-corrected chi connectivity index (χ4v) is 3.05. The van der Waals surface area contributed by atoms with Crippen molar-refractivity contribution in [3.63, 3.8) is 0 Å². The van der Waals surface area contributed by atoms with Crippen LogP contribution in [0.4, 0.5) is 4.39 Å². The van der Waals surface area contributed by atoms with Gasteiger partial charge in [0.15, 0.2) is 5.96 Å². The number of hydrogen-bond donors (Lipinski definition) is 1. The van der Waals surface area contributed by atoms with Gasteiger partial charge >= 0.3 is 0 Å². The molecule has 1 aromatic heterocycles. The molecule has 0 radical (unpaired) electrons. The van der Waals surface area contributed by atoms with E-state index >= 15 is 0 Å². The number of aliphatic imine (C=N–C) groups is 1. The zero-order valence-electron chi connectivity index (χ0n) is 15.1. The Morgan fingerprint density at radius 2 is 1.96 bits per heavy atom. The third-order valence-electron chi connectivity index (χ3n) is 4.28. The standard InChI is InChI=1S/C21H23FN4/c1-23-21(26(2)15-16-6-3-10-19(22)14-16)25-13-11-18-8-4-7-17-9-5-12-24-20(17)18/h3-10,12,14H,11,13,15H2,1-2H3,(H,23,25). The Kier molecular flexibility index (Phi) is 5.79. The maximum Gasteiger partial charge on any atom is 0.193 e. The van der Waals surface area contributed by atoms with Crippen LogP contribution >= 0.6 is 0 Å². The summed E-state index contributed by atoms with van der Waals surface area (Å²) >= 11 is 0. The number of nitrogens with one attached hydrogen (secondary N) is 1. The highest BCUT2D eigenvalue weighted by Gasteiger charge is 2.08. The van der Waals surface area contributed by atoms with Gasteiger partial charge in [-0.3, -0.25) is 9.98 Å². The van der Waals surface area contributed by atoms with Gasteiger partial charge in [0, 0.05) is 38.8 Å². The zero-order valence-corrected chi connectivity index (χ0v) is 15.1. The van der Waals surface area contributed by atoms with E-state index in [9.17, 15) is 4.39 Å². The largest absolute Gasteiger partial charge is 0.356 e. The Morgan fingerprint density at radius 1 is 1.15 bits per heavy atom. The van der Waals surface area contributed by atoms with Gasteiger partial charge in [-0.25, -0.2) is 4.39 Å². The molecule has 0 aliphatic rings. The Hall–Kier alpha value is -2.95. The van der Waals surface area contributed by atoms with Gasteiger partial charge in [0.25, 0.3) is 0 Å². The second-order valence-corrected chi connectivity index (χ2v) is 6.20. The molecular weight excluding hydrogens is 327 g/mol. The predicted molar refractivity (Wildman–Crippen MR) is 105 cm³/mol. The summed E-state index contributed by atoms with van der Waals surface area (Å²) in [4.78, 5) is 10.8. The molecule has 0 saturated heterocycles. The number of fused-ring (bicyclic) bond motifs is 1. The highest BCUT2D eigenvalue weighted by atomic mass is 19.1. The molecule has 1 heterocycles. The molecule has 0 spiro atoms. The fourth-order valence-electron chi connectivity index (χ4n) is 3.05. The summed E-state index contributed by atoms with van der Waals surface area (Å²) in [5, 5.41) is 4.52. The van der Waals surface area contributed by atoms with Crippen molar-refractivity contribution in [2.45, 2.75) is 13.0 Å². The van der Waals surface area contributed by atoms with Crippen LogP contribution in [0, 0.1) is 5.82 Å². The van der Waals surface area contributed by atoms with Crippen molar-refractivity contribution in [1.82, 2.24) is 15.2 Å². The van der Waals surface area contributed by atoms with E-state index in [4.69, 9.17) is 0 Å². The first kappa shape index (κ1) is 17.9. The molecule has 0 amide bonds. The normalized spacial score (nSPS) is 11.6.